The molecule has 15 heavy (non-hydrogen) atoms. The summed E-state index contributed by atoms with van der Waals surface area (Å²) in [4.78, 5) is 2.49. The van der Waals surface area contributed by atoms with Gasteiger partial charge < -0.3 is 0 Å². The molecule has 1 aromatic rings. The molecule has 0 radical (unpaired) electrons. The molecule has 0 aromatic heterocycles. The molecule has 0 spiro atoms. The standard InChI is InChI=1S/C13H16BrN/c14-10-12-6-8-15(9-7-12)11-13-4-2-1-3-5-13/h1-6H,7-11H2. The number of hydrogen-bond acceptors (Lipinski definition) is 1. The fourth-order valence-corrected chi connectivity index (χ4v) is 2.37. The van der Waals surface area contributed by atoms with Crippen molar-refractivity contribution in [2.75, 3.05) is 18.4 Å². The Morgan fingerprint density at radius 3 is 2.60 bits per heavy atom. The monoisotopic (exact) mass is 265 g/mol. The van der Waals surface area contributed by atoms with Gasteiger partial charge in [-0.05, 0) is 12.0 Å². The van der Waals surface area contributed by atoms with Crippen molar-refractivity contribution in [3.05, 3.63) is 47.5 Å². The van der Waals surface area contributed by atoms with Crippen molar-refractivity contribution in [2.24, 2.45) is 0 Å². The summed E-state index contributed by atoms with van der Waals surface area (Å²) in [7, 11) is 0. The van der Waals surface area contributed by atoms with Crippen LogP contribution in [0, 0.1) is 0 Å². The smallest absolute Gasteiger partial charge is 0.0242 e. The fourth-order valence-electron chi connectivity index (χ4n) is 1.86. The van der Waals surface area contributed by atoms with Crippen molar-refractivity contribution in [1.29, 1.82) is 0 Å². The maximum Gasteiger partial charge on any atom is 0.0242 e. The molecule has 0 unspecified atom stereocenters. The number of hydrogen-bond donors (Lipinski definition) is 0. The van der Waals surface area contributed by atoms with Crippen LogP contribution in [-0.4, -0.2) is 23.3 Å². The summed E-state index contributed by atoms with van der Waals surface area (Å²) in [5.41, 5.74) is 2.95. The number of halogens is 1. The van der Waals surface area contributed by atoms with E-state index in [1.165, 1.54) is 18.5 Å². The zero-order chi connectivity index (χ0) is 10.5. The highest BCUT2D eigenvalue weighted by atomic mass is 79.9. The lowest BCUT2D eigenvalue weighted by molar-refractivity contribution is 0.286. The lowest BCUT2D eigenvalue weighted by atomic mass is 10.1. The van der Waals surface area contributed by atoms with Gasteiger partial charge in [-0.1, -0.05) is 57.9 Å². The van der Waals surface area contributed by atoms with Crippen molar-refractivity contribution < 1.29 is 0 Å². The van der Waals surface area contributed by atoms with Crippen LogP contribution in [0.5, 0.6) is 0 Å². The maximum absolute atomic E-state index is 3.51. The number of benzene rings is 1. The van der Waals surface area contributed by atoms with Gasteiger partial charge in [0.2, 0.25) is 0 Å². The van der Waals surface area contributed by atoms with Gasteiger partial charge in [-0.15, -0.1) is 0 Å². The lowest BCUT2D eigenvalue weighted by Gasteiger charge is -2.25. The van der Waals surface area contributed by atoms with Crippen molar-refractivity contribution in [1.82, 2.24) is 4.90 Å². The predicted molar refractivity (Wildman–Crippen MR) is 68.2 cm³/mol. The van der Waals surface area contributed by atoms with Gasteiger partial charge in [0.15, 0.2) is 0 Å². The fraction of sp³-hybridized carbons (Fsp3) is 0.385. The molecule has 1 nitrogen and oxygen atoms in total. The molecule has 0 atom stereocenters. The van der Waals surface area contributed by atoms with Gasteiger partial charge in [-0.3, -0.25) is 4.90 Å². The highest BCUT2D eigenvalue weighted by Gasteiger charge is 2.10. The highest BCUT2D eigenvalue weighted by Crippen LogP contribution is 2.14. The molecule has 1 aromatic carbocycles. The van der Waals surface area contributed by atoms with Crippen LogP contribution in [0.25, 0.3) is 0 Å². The van der Waals surface area contributed by atoms with Crippen LogP contribution in [0.1, 0.15) is 12.0 Å². The van der Waals surface area contributed by atoms with E-state index in [9.17, 15) is 0 Å². The van der Waals surface area contributed by atoms with Crippen molar-refractivity contribution in [2.45, 2.75) is 13.0 Å². The largest absolute Gasteiger partial charge is 0.295 e. The van der Waals surface area contributed by atoms with Gasteiger partial charge in [0.1, 0.15) is 0 Å². The van der Waals surface area contributed by atoms with Crippen LogP contribution in [-0.2, 0) is 6.54 Å². The molecular formula is C13H16BrN. The third-order valence-electron chi connectivity index (χ3n) is 2.81. The van der Waals surface area contributed by atoms with E-state index >= 15 is 0 Å². The average molecular weight is 266 g/mol. The van der Waals surface area contributed by atoms with E-state index in [0.717, 1.165) is 18.4 Å². The number of nitrogens with zero attached hydrogens (tertiary/aromatic N) is 1. The molecule has 1 heterocycles. The predicted octanol–water partition coefficient (Wildman–Crippen LogP) is 3.21. The molecule has 1 aliphatic heterocycles. The Morgan fingerprint density at radius 1 is 1.20 bits per heavy atom. The summed E-state index contributed by atoms with van der Waals surface area (Å²) in [6.45, 7) is 3.36. The first-order chi connectivity index (χ1) is 7.38. The molecule has 2 rings (SSSR count). The van der Waals surface area contributed by atoms with Crippen LogP contribution in [0.3, 0.4) is 0 Å². The average Bonchev–Trinajstić information content (AvgIpc) is 2.31. The van der Waals surface area contributed by atoms with Crippen LogP contribution < -0.4 is 0 Å². The van der Waals surface area contributed by atoms with Gasteiger partial charge in [0.05, 0.1) is 0 Å². The number of rotatable bonds is 3. The lowest BCUT2D eigenvalue weighted by Crippen LogP contribution is -2.28. The number of alkyl halides is 1. The Kier molecular flexibility index (Phi) is 3.98. The Hall–Kier alpha value is -0.600. The van der Waals surface area contributed by atoms with E-state index in [2.05, 4.69) is 57.2 Å². The molecular weight excluding hydrogens is 250 g/mol. The Morgan fingerprint density at radius 2 is 2.00 bits per heavy atom. The second-order valence-corrected chi connectivity index (χ2v) is 4.53. The van der Waals surface area contributed by atoms with E-state index in [0.29, 0.717) is 0 Å². The molecule has 0 N–H and O–H groups in total. The van der Waals surface area contributed by atoms with Crippen LogP contribution >= 0.6 is 15.9 Å². The normalized spacial score (nSPS) is 17.5. The molecule has 0 saturated carbocycles. The molecule has 0 bridgehead atoms. The first-order valence-corrected chi connectivity index (χ1v) is 6.51. The van der Waals surface area contributed by atoms with Gasteiger partial charge in [0.25, 0.3) is 0 Å². The highest BCUT2D eigenvalue weighted by molar-refractivity contribution is 9.09. The first kappa shape index (κ1) is 10.9. The second kappa shape index (κ2) is 5.47. The molecule has 80 valence electrons. The van der Waals surface area contributed by atoms with Crippen molar-refractivity contribution in [3.8, 4) is 0 Å². The summed E-state index contributed by atoms with van der Waals surface area (Å²) >= 11 is 3.51. The van der Waals surface area contributed by atoms with Crippen LogP contribution in [0.15, 0.2) is 42.0 Å². The van der Waals surface area contributed by atoms with E-state index in [4.69, 9.17) is 0 Å². The van der Waals surface area contributed by atoms with Gasteiger partial charge in [-0.2, -0.15) is 0 Å². The second-order valence-electron chi connectivity index (χ2n) is 3.97. The van der Waals surface area contributed by atoms with E-state index < -0.39 is 0 Å². The minimum Gasteiger partial charge on any atom is -0.295 e. The van der Waals surface area contributed by atoms with Gasteiger partial charge >= 0.3 is 0 Å². The maximum atomic E-state index is 3.51. The SMILES string of the molecule is BrCC1=CCN(Cc2ccccc2)CC1. The Labute approximate surface area is 99.9 Å². The van der Waals surface area contributed by atoms with Gasteiger partial charge in [-0.25, -0.2) is 0 Å². The molecule has 1 aliphatic rings. The summed E-state index contributed by atoms with van der Waals surface area (Å²) in [5, 5.41) is 1.03. The quantitative estimate of drug-likeness (QED) is 0.599. The zero-order valence-corrected chi connectivity index (χ0v) is 10.4. The van der Waals surface area contributed by atoms with Crippen molar-refractivity contribution in [3.63, 3.8) is 0 Å². The zero-order valence-electron chi connectivity index (χ0n) is 8.82. The molecule has 2 heteroatoms. The minimum absolute atomic E-state index is 1.03. The van der Waals surface area contributed by atoms with E-state index in [-0.39, 0.29) is 0 Å². The molecule has 0 saturated heterocycles. The van der Waals surface area contributed by atoms with E-state index in [1.807, 2.05) is 0 Å². The third-order valence-corrected chi connectivity index (χ3v) is 3.53. The Bertz CT molecular complexity index is 332. The third kappa shape index (κ3) is 3.18. The topological polar surface area (TPSA) is 3.24 Å². The van der Waals surface area contributed by atoms with Gasteiger partial charge in [0, 0.05) is 25.0 Å². The van der Waals surface area contributed by atoms with Crippen LogP contribution in [0.2, 0.25) is 0 Å². The summed E-state index contributed by atoms with van der Waals surface area (Å²) in [6.07, 6.45) is 3.55. The van der Waals surface area contributed by atoms with Crippen molar-refractivity contribution >= 4 is 15.9 Å². The first-order valence-electron chi connectivity index (χ1n) is 5.38. The summed E-state index contributed by atoms with van der Waals surface area (Å²) in [5.74, 6) is 0. The summed E-state index contributed by atoms with van der Waals surface area (Å²) < 4.78 is 0. The molecule has 0 fully saturated rings. The molecule has 0 amide bonds. The van der Waals surface area contributed by atoms with E-state index in [1.54, 1.807) is 5.57 Å². The summed E-state index contributed by atoms with van der Waals surface area (Å²) in [6, 6.07) is 10.7. The minimum atomic E-state index is 1.03. The van der Waals surface area contributed by atoms with Crippen LogP contribution in [0.4, 0.5) is 0 Å². The Balaban J connectivity index is 1.90. The molecule has 0 aliphatic carbocycles.